The second kappa shape index (κ2) is 10.8. The molecule has 0 amide bonds. The maximum absolute atomic E-state index is 14.3. The van der Waals surface area contributed by atoms with E-state index in [0.717, 1.165) is 47.5 Å². The second-order valence-electron chi connectivity index (χ2n) is 10.7. The topological polar surface area (TPSA) is 52.2 Å². The molecule has 1 saturated carbocycles. The van der Waals surface area contributed by atoms with Crippen molar-refractivity contribution in [2.75, 3.05) is 11.4 Å². The maximum atomic E-state index is 14.3. The van der Waals surface area contributed by atoms with E-state index >= 15 is 0 Å². The lowest BCUT2D eigenvalue weighted by atomic mass is 9.97. The summed E-state index contributed by atoms with van der Waals surface area (Å²) in [5, 5.41) is 0. The summed E-state index contributed by atoms with van der Waals surface area (Å²) in [6.07, 6.45) is 6.16. The van der Waals surface area contributed by atoms with Crippen molar-refractivity contribution in [3.8, 4) is 0 Å². The van der Waals surface area contributed by atoms with Crippen molar-refractivity contribution < 1.29 is 17.4 Å². The van der Waals surface area contributed by atoms with Gasteiger partial charge in [-0.2, -0.15) is 13.2 Å². The molecule has 2 aromatic carbocycles. The molecular formula is C29H35F3N4OS. The van der Waals surface area contributed by atoms with Crippen LogP contribution in [0.25, 0.3) is 0 Å². The van der Waals surface area contributed by atoms with Crippen LogP contribution in [0.3, 0.4) is 0 Å². The molecule has 2 heterocycles. The number of alkyl halides is 3. The highest BCUT2D eigenvalue weighted by atomic mass is 32.2. The minimum Gasteiger partial charge on any atom is -0.361 e. The molecule has 1 fully saturated rings. The van der Waals surface area contributed by atoms with E-state index < -0.39 is 21.4 Å². The lowest BCUT2D eigenvalue weighted by Crippen LogP contribution is -2.43. The maximum Gasteiger partial charge on any atom is 0.416 e. The lowest BCUT2D eigenvalue weighted by molar-refractivity contribution is -0.137. The summed E-state index contributed by atoms with van der Waals surface area (Å²) in [6, 6.07) is 11.0. The Morgan fingerprint density at radius 3 is 2.50 bits per heavy atom. The average Bonchev–Trinajstić information content (AvgIpc) is 3.57. The summed E-state index contributed by atoms with van der Waals surface area (Å²) in [6.45, 7) is 3.60. The number of rotatable bonds is 7. The van der Waals surface area contributed by atoms with Crippen molar-refractivity contribution in [1.82, 2.24) is 14.3 Å². The molecule has 38 heavy (non-hydrogen) atoms. The van der Waals surface area contributed by atoms with Gasteiger partial charge in [0.2, 0.25) is 0 Å². The third-order valence-electron chi connectivity index (χ3n) is 8.00. The van der Waals surface area contributed by atoms with Gasteiger partial charge in [0.15, 0.2) is 0 Å². The van der Waals surface area contributed by atoms with Gasteiger partial charge >= 0.3 is 6.18 Å². The van der Waals surface area contributed by atoms with Crippen molar-refractivity contribution in [3.63, 3.8) is 0 Å². The number of nitrogens with one attached hydrogen (secondary N) is 1. The molecule has 1 N–H and O–H groups in total. The first-order chi connectivity index (χ1) is 18.1. The average molecular weight is 545 g/mol. The smallest absolute Gasteiger partial charge is 0.361 e. The molecule has 2 atom stereocenters. The Labute approximate surface area is 223 Å². The van der Waals surface area contributed by atoms with Crippen LogP contribution in [-0.2, 0) is 29.0 Å². The molecule has 0 saturated heterocycles. The van der Waals surface area contributed by atoms with Crippen LogP contribution in [0.1, 0.15) is 60.9 Å². The summed E-state index contributed by atoms with van der Waals surface area (Å²) < 4.78 is 55.7. The minimum atomic E-state index is -4.45. The number of imidazole rings is 1. The molecule has 1 aliphatic carbocycles. The quantitative estimate of drug-likeness (QED) is 0.342. The fourth-order valence-corrected chi connectivity index (χ4v) is 7.45. The zero-order valence-electron chi connectivity index (χ0n) is 21.7. The molecule has 3 aromatic rings. The SMILES string of the molecule is C=S(=O)(c1ccc(C(F)(F)F)cc1)N1Cc2ccc(C)cc2N(Cc2cnc[nH]2)C(CCC2CCCC2)C1. The van der Waals surface area contributed by atoms with Crippen LogP contribution in [-0.4, -0.2) is 36.9 Å². The number of hydrogen-bond acceptors (Lipinski definition) is 3. The van der Waals surface area contributed by atoms with Gasteiger partial charge in [0, 0.05) is 35.9 Å². The number of fused-ring (bicyclic) bond motifs is 1. The fourth-order valence-electron chi connectivity index (χ4n) is 5.83. The minimum absolute atomic E-state index is 0.0546. The highest BCUT2D eigenvalue weighted by Crippen LogP contribution is 2.37. The predicted molar refractivity (Wildman–Crippen MR) is 146 cm³/mol. The normalized spacial score (nSPS) is 20.7. The van der Waals surface area contributed by atoms with Crippen molar-refractivity contribution in [1.29, 1.82) is 0 Å². The van der Waals surface area contributed by atoms with E-state index in [0.29, 0.717) is 30.4 Å². The van der Waals surface area contributed by atoms with Gasteiger partial charge in [-0.1, -0.05) is 37.8 Å². The van der Waals surface area contributed by atoms with Gasteiger partial charge < -0.3 is 9.88 Å². The highest BCUT2D eigenvalue weighted by Gasteiger charge is 2.34. The van der Waals surface area contributed by atoms with Crippen molar-refractivity contribution in [2.45, 2.75) is 75.7 Å². The van der Waals surface area contributed by atoms with Crippen LogP contribution >= 0.6 is 0 Å². The molecule has 5 rings (SSSR count). The standard InChI is InChI=1S/C29H35F3N4OS/c1-21-7-9-23-17-35(38(2,37)27-13-10-24(11-14-27)29(30,31)32)19-26(12-8-22-5-3-4-6-22)36(28(23)15-21)18-25-16-33-20-34-25/h7,9-11,13-16,20,22,26H,2-6,8,12,17-19H2,1H3,(H,33,34). The number of H-pyrrole nitrogens is 1. The van der Waals surface area contributed by atoms with Crippen molar-refractivity contribution >= 4 is 21.3 Å². The molecule has 5 nitrogen and oxygen atoms in total. The van der Waals surface area contributed by atoms with E-state index in [1.165, 1.54) is 37.8 Å². The van der Waals surface area contributed by atoms with E-state index in [4.69, 9.17) is 0 Å². The van der Waals surface area contributed by atoms with Gasteiger partial charge in [-0.15, -0.1) is 0 Å². The summed E-state index contributed by atoms with van der Waals surface area (Å²) >= 11 is 0. The number of hydrogen-bond donors (Lipinski definition) is 1. The molecule has 2 aliphatic rings. The van der Waals surface area contributed by atoms with Crippen LogP contribution in [0.2, 0.25) is 0 Å². The zero-order valence-corrected chi connectivity index (χ0v) is 22.5. The Bertz CT molecular complexity index is 1330. The Hall–Kier alpha value is -2.78. The Morgan fingerprint density at radius 1 is 1.11 bits per heavy atom. The monoisotopic (exact) mass is 544 g/mol. The Balaban J connectivity index is 1.52. The van der Waals surface area contributed by atoms with E-state index in [9.17, 15) is 17.4 Å². The van der Waals surface area contributed by atoms with Crippen LogP contribution in [0, 0.1) is 12.8 Å². The predicted octanol–water partition coefficient (Wildman–Crippen LogP) is 6.59. The molecule has 0 spiro atoms. The number of aromatic amines is 1. The largest absolute Gasteiger partial charge is 0.416 e. The van der Waals surface area contributed by atoms with E-state index in [-0.39, 0.29) is 6.04 Å². The Morgan fingerprint density at radius 2 is 1.84 bits per heavy atom. The summed E-state index contributed by atoms with van der Waals surface area (Å²) in [5.41, 5.74) is 3.51. The third kappa shape index (κ3) is 5.78. The van der Waals surface area contributed by atoms with E-state index in [1.807, 2.05) is 16.6 Å². The summed E-state index contributed by atoms with van der Waals surface area (Å²) in [4.78, 5) is 10.1. The number of aryl methyl sites for hydroxylation is 1. The second-order valence-corrected chi connectivity index (χ2v) is 13.0. The van der Waals surface area contributed by atoms with Gasteiger partial charge in [-0.3, -0.25) is 0 Å². The molecule has 0 radical (unpaired) electrons. The first-order valence-corrected chi connectivity index (χ1v) is 14.9. The number of nitrogens with zero attached hydrogens (tertiary/aromatic N) is 3. The van der Waals surface area contributed by atoms with Crippen LogP contribution in [0.4, 0.5) is 18.9 Å². The fraction of sp³-hybridized carbons (Fsp3) is 0.448. The molecule has 2 unspecified atom stereocenters. The van der Waals surface area contributed by atoms with Crippen LogP contribution < -0.4 is 4.90 Å². The van der Waals surface area contributed by atoms with Gasteiger partial charge in [0.25, 0.3) is 0 Å². The molecule has 9 heteroatoms. The lowest BCUT2D eigenvalue weighted by Gasteiger charge is -2.35. The number of halogens is 3. The molecule has 0 bridgehead atoms. The number of anilines is 1. The zero-order chi connectivity index (χ0) is 26.9. The summed E-state index contributed by atoms with van der Waals surface area (Å²) in [5.74, 6) is 4.80. The van der Waals surface area contributed by atoms with Crippen molar-refractivity contribution in [2.24, 2.45) is 5.92 Å². The molecule has 204 valence electrons. The summed E-state index contributed by atoms with van der Waals surface area (Å²) in [7, 11) is -3.04. The van der Waals surface area contributed by atoms with Gasteiger partial charge in [-0.05, 0) is 73.0 Å². The number of aromatic nitrogens is 2. The first kappa shape index (κ1) is 26.8. The molecule has 1 aliphatic heterocycles. The van der Waals surface area contributed by atoms with Gasteiger partial charge in [0.1, 0.15) is 0 Å². The van der Waals surface area contributed by atoms with Gasteiger partial charge in [-0.25, -0.2) is 13.5 Å². The highest BCUT2D eigenvalue weighted by molar-refractivity contribution is 7.98. The Kier molecular flexibility index (Phi) is 7.60. The number of benzene rings is 2. The van der Waals surface area contributed by atoms with Crippen LogP contribution in [0.5, 0.6) is 0 Å². The van der Waals surface area contributed by atoms with E-state index in [2.05, 4.69) is 39.8 Å². The molecular weight excluding hydrogens is 509 g/mol. The third-order valence-corrected chi connectivity index (χ3v) is 10.1. The van der Waals surface area contributed by atoms with Crippen molar-refractivity contribution in [3.05, 3.63) is 77.4 Å². The van der Waals surface area contributed by atoms with E-state index in [1.54, 1.807) is 6.33 Å². The van der Waals surface area contributed by atoms with Gasteiger partial charge in [0.05, 0.1) is 33.8 Å². The molecule has 1 aromatic heterocycles. The first-order valence-electron chi connectivity index (χ1n) is 13.2. The van der Waals surface area contributed by atoms with Crippen LogP contribution in [0.15, 0.2) is 59.9 Å².